The Bertz CT molecular complexity index is 1140. The van der Waals surface area contributed by atoms with Crippen LogP contribution in [0.2, 0.25) is 10.0 Å². The van der Waals surface area contributed by atoms with Gasteiger partial charge in [0.25, 0.3) is 10.0 Å². The summed E-state index contributed by atoms with van der Waals surface area (Å²) < 4.78 is 54.5. The first-order chi connectivity index (χ1) is 13.2. The second kappa shape index (κ2) is 7.18. The summed E-state index contributed by atoms with van der Waals surface area (Å²) >= 11 is 12.0. The number of benzene rings is 2. The summed E-state index contributed by atoms with van der Waals surface area (Å²) in [5.41, 5.74) is 1.15. The van der Waals surface area contributed by atoms with E-state index in [0.29, 0.717) is 30.8 Å². The molecule has 28 heavy (non-hydrogen) atoms. The summed E-state index contributed by atoms with van der Waals surface area (Å²) in [4.78, 5) is 0.136. The minimum absolute atomic E-state index is 0.0664. The maximum absolute atomic E-state index is 13.1. The largest absolute Gasteiger partial charge is 0.266 e. The third-order valence-electron chi connectivity index (χ3n) is 5.07. The molecule has 150 valence electrons. The van der Waals surface area contributed by atoms with Gasteiger partial charge in [-0.15, -0.1) is 0 Å². The van der Waals surface area contributed by atoms with E-state index in [1.807, 2.05) is 0 Å². The van der Waals surface area contributed by atoms with Crippen molar-refractivity contribution in [3.63, 3.8) is 0 Å². The molecule has 10 heteroatoms. The van der Waals surface area contributed by atoms with Crippen molar-refractivity contribution in [3.8, 4) is 0 Å². The Morgan fingerprint density at radius 1 is 0.821 bits per heavy atom. The van der Waals surface area contributed by atoms with Gasteiger partial charge in [0.1, 0.15) is 4.90 Å². The lowest BCUT2D eigenvalue weighted by molar-refractivity contribution is 0.477. The topological polar surface area (TPSA) is 74.8 Å². The second-order valence-electron chi connectivity index (χ2n) is 6.80. The van der Waals surface area contributed by atoms with Gasteiger partial charge in [-0.05, 0) is 61.2 Å². The van der Waals surface area contributed by atoms with E-state index in [2.05, 4.69) is 0 Å². The first kappa shape index (κ1) is 20.0. The average Bonchev–Trinajstić information content (AvgIpc) is 3.33. The van der Waals surface area contributed by atoms with Crippen LogP contribution in [0.4, 0.5) is 5.69 Å². The van der Waals surface area contributed by atoms with Crippen LogP contribution in [-0.4, -0.2) is 40.8 Å². The monoisotopic (exact) mass is 460 g/mol. The van der Waals surface area contributed by atoms with Crippen LogP contribution >= 0.6 is 23.2 Å². The Labute approximate surface area is 174 Å². The highest BCUT2D eigenvalue weighted by molar-refractivity contribution is 7.93. The zero-order chi connectivity index (χ0) is 20.1. The Hall–Kier alpha value is -1.32. The van der Waals surface area contributed by atoms with Crippen LogP contribution in [0.5, 0.6) is 0 Å². The predicted octanol–water partition coefficient (Wildman–Crippen LogP) is 3.53. The van der Waals surface area contributed by atoms with E-state index in [1.165, 1.54) is 32.9 Å². The number of fused-ring (bicyclic) bond motifs is 1. The summed E-state index contributed by atoms with van der Waals surface area (Å²) in [5, 5.41) is 0.362. The number of halogens is 2. The number of hydrogen-bond donors (Lipinski definition) is 0. The molecule has 0 N–H and O–H groups in total. The molecule has 1 saturated heterocycles. The Morgan fingerprint density at radius 2 is 1.54 bits per heavy atom. The van der Waals surface area contributed by atoms with Gasteiger partial charge in [-0.2, -0.15) is 4.31 Å². The molecule has 2 aliphatic heterocycles. The Morgan fingerprint density at radius 3 is 2.25 bits per heavy atom. The third-order valence-corrected chi connectivity index (χ3v) is 9.49. The predicted molar refractivity (Wildman–Crippen MR) is 109 cm³/mol. The molecule has 1 fully saturated rings. The summed E-state index contributed by atoms with van der Waals surface area (Å²) in [7, 11) is -7.46. The van der Waals surface area contributed by atoms with Gasteiger partial charge in [0.15, 0.2) is 0 Å². The highest BCUT2D eigenvalue weighted by Gasteiger charge is 2.34. The normalized spacial score (nSPS) is 17.9. The summed E-state index contributed by atoms with van der Waals surface area (Å²) in [6, 6.07) is 8.90. The maximum atomic E-state index is 13.1. The lowest BCUT2D eigenvalue weighted by atomic mass is 10.2. The van der Waals surface area contributed by atoms with Gasteiger partial charge >= 0.3 is 0 Å². The molecule has 0 aromatic heterocycles. The minimum Gasteiger partial charge on any atom is -0.266 e. The van der Waals surface area contributed by atoms with E-state index in [4.69, 9.17) is 23.2 Å². The molecular formula is C18H18Cl2N2O4S2. The highest BCUT2D eigenvalue weighted by atomic mass is 35.5. The van der Waals surface area contributed by atoms with E-state index in [-0.39, 0.29) is 26.4 Å². The van der Waals surface area contributed by atoms with Gasteiger partial charge in [-0.1, -0.05) is 23.2 Å². The van der Waals surface area contributed by atoms with Gasteiger partial charge in [0.05, 0.1) is 15.6 Å². The van der Waals surface area contributed by atoms with Crippen molar-refractivity contribution in [2.45, 2.75) is 29.1 Å². The molecule has 6 nitrogen and oxygen atoms in total. The van der Waals surface area contributed by atoms with Crippen molar-refractivity contribution in [2.75, 3.05) is 23.9 Å². The van der Waals surface area contributed by atoms with Gasteiger partial charge < -0.3 is 0 Å². The molecule has 0 bridgehead atoms. The molecule has 2 heterocycles. The summed E-state index contributed by atoms with van der Waals surface area (Å²) in [6.07, 6.45) is 2.14. The number of hydrogen-bond acceptors (Lipinski definition) is 4. The molecule has 0 unspecified atom stereocenters. The molecule has 0 aliphatic carbocycles. The molecule has 0 saturated carbocycles. The number of sulfonamides is 2. The zero-order valence-corrected chi connectivity index (χ0v) is 18.0. The maximum Gasteiger partial charge on any atom is 0.265 e. The van der Waals surface area contributed by atoms with Crippen LogP contribution < -0.4 is 4.31 Å². The van der Waals surface area contributed by atoms with E-state index < -0.39 is 20.0 Å². The summed E-state index contributed by atoms with van der Waals surface area (Å²) in [6.45, 7) is 1.26. The van der Waals surface area contributed by atoms with Crippen LogP contribution in [-0.2, 0) is 26.5 Å². The van der Waals surface area contributed by atoms with E-state index in [0.717, 1.165) is 12.8 Å². The standard InChI is InChI=1S/C18H18Cl2N2O4S2/c19-14-3-5-16(20)18(12-14)28(25,26)22-10-7-13-11-15(4-6-17(13)22)27(23,24)21-8-1-2-9-21/h3-6,11-12H,1-2,7-10H2. The molecule has 4 rings (SSSR count). The fraction of sp³-hybridized carbons (Fsp3) is 0.333. The fourth-order valence-electron chi connectivity index (χ4n) is 3.63. The number of nitrogens with zero attached hydrogens (tertiary/aromatic N) is 2. The second-order valence-corrected chi connectivity index (χ2v) is 11.4. The van der Waals surface area contributed by atoms with Crippen molar-refractivity contribution in [1.29, 1.82) is 0 Å². The van der Waals surface area contributed by atoms with Crippen molar-refractivity contribution in [2.24, 2.45) is 0 Å². The van der Waals surface area contributed by atoms with Crippen molar-refractivity contribution in [3.05, 3.63) is 52.0 Å². The Kier molecular flexibility index (Phi) is 5.12. The molecule has 2 aromatic rings. The molecule has 0 radical (unpaired) electrons. The average molecular weight is 461 g/mol. The van der Waals surface area contributed by atoms with Gasteiger partial charge in [0.2, 0.25) is 10.0 Å². The van der Waals surface area contributed by atoms with Crippen LogP contribution in [0.3, 0.4) is 0 Å². The lowest BCUT2D eigenvalue weighted by Gasteiger charge is -2.21. The zero-order valence-electron chi connectivity index (χ0n) is 14.8. The van der Waals surface area contributed by atoms with Gasteiger partial charge in [0, 0.05) is 24.7 Å². The van der Waals surface area contributed by atoms with Crippen molar-refractivity contribution >= 4 is 48.9 Å². The molecular weight excluding hydrogens is 443 g/mol. The third kappa shape index (κ3) is 3.31. The van der Waals surface area contributed by atoms with Gasteiger partial charge in [-0.25, -0.2) is 16.8 Å². The van der Waals surface area contributed by atoms with Crippen molar-refractivity contribution in [1.82, 2.24) is 4.31 Å². The molecule has 0 spiro atoms. The van der Waals surface area contributed by atoms with Crippen molar-refractivity contribution < 1.29 is 16.8 Å². The van der Waals surface area contributed by atoms with E-state index in [1.54, 1.807) is 12.1 Å². The smallest absolute Gasteiger partial charge is 0.265 e. The first-order valence-electron chi connectivity index (χ1n) is 8.82. The molecule has 2 aromatic carbocycles. The summed E-state index contributed by atoms with van der Waals surface area (Å²) in [5.74, 6) is 0. The minimum atomic E-state index is -3.91. The van der Waals surface area contributed by atoms with Crippen LogP contribution in [0.25, 0.3) is 0 Å². The van der Waals surface area contributed by atoms with Gasteiger partial charge in [-0.3, -0.25) is 4.31 Å². The Balaban J connectivity index is 1.72. The lowest BCUT2D eigenvalue weighted by Crippen LogP contribution is -2.29. The fourth-order valence-corrected chi connectivity index (χ4v) is 7.44. The molecule has 0 amide bonds. The van der Waals surface area contributed by atoms with E-state index in [9.17, 15) is 16.8 Å². The quantitative estimate of drug-likeness (QED) is 0.698. The van der Waals surface area contributed by atoms with Crippen LogP contribution in [0.15, 0.2) is 46.2 Å². The molecule has 2 aliphatic rings. The molecule has 0 atom stereocenters. The highest BCUT2D eigenvalue weighted by Crippen LogP contribution is 2.37. The van der Waals surface area contributed by atoms with Crippen LogP contribution in [0, 0.1) is 0 Å². The number of rotatable bonds is 4. The van der Waals surface area contributed by atoms with Crippen LogP contribution in [0.1, 0.15) is 18.4 Å². The number of anilines is 1. The first-order valence-corrected chi connectivity index (χ1v) is 12.5. The SMILES string of the molecule is O=S(=O)(c1ccc2c(c1)CCN2S(=O)(=O)c1cc(Cl)ccc1Cl)N1CCCC1. The van der Waals surface area contributed by atoms with E-state index >= 15 is 0 Å².